The van der Waals surface area contributed by atoms with Gasteiger partial charge in [-0.3, -0.25) is 0 Å². The first-order chi connectivity index (χ1) is 8.70. The molecule has 0 unspecified atom stereocenters. The Kier molecular flexibility index (Phi) is 3.25. The van der Waals surface area contributed by atoms with E-state index in [0.717, 1.165) is 22.6 Å². The predicted octanol–water partition coefficient (Wildman–Crippen LogP) is 3.47. The Morgan fingerprint density at radius 3 is 2.56 bits per heavy atom. The van der Waals surface area contributed by atoms with Gasteiger partial charge in [0, 0.05) is 11.7 Å². The van der Waals surface area contributed by atoms with E-state index in [1.165, 1.54) is 31.2 Å². The summed E-state index contributed by atoms with van der Waals surface area (Å²) in [6, 6.07) is 8.95. The zero-order valence-electron chi connectivity index (χ0n) is 10.8. The molecule has 2 saturated carbocycles. The number of thiocarbonyl (C=S) groups is 1. The maximum absolute atomic E-state index is 5.40. The maximum atomic E-state index is 5.40. The Labute approximate surface area is 114 Å². The van der Waals surface area contributed by atoms with Gasteiger partial charge in [0.25, 0.3) is 0 Å². The van der Waals surface area contributed by atoms with Crippen LogP contribution in [0.1, 0.15) is 31.2 Å². The minimum Gasteiger partial charge on any atom is -0.359 e. The van der Waals surface area contributed by atoms with Crippen LogP contribution in [0.3, 0.4) is 0 Å². The Bertz CT molecular complexity index is 440. The van der Waals surface area contributed by atoms with Gasteiger partial charge in [0.05, 0.1) is 0 Å². The van der Waals surface area contributed by atoms with E-state index in [1.54, 1.807) is 0 Å². The van der Waals surface area contributed by atoms with Crippen molar-refractivity contribution in [2.75, 3.05) is 5.32 Å². The molecule has 2 aliphatic rings. The molecule has 2 N–H and O–H groups in total. The van der Waals surface area contributed by atoms with Gasteiger partial charge in [0.1, 0.15) is 0 Å². The zero-order valence-corrected chi connectivity index (χ0v) is 11.6. The third kappa shape index (κ3) is 2.51. The van der Waals surface area contributed by atoms with Crippen molar-refractivity contribution >= 4 is 23.0 Å². The fourth-order valence-electron chi connectivity index (χ4n) is 3.39. The van der Waals surface area contributed by atoms with Crippen LogP contribution in [0, 0.1) is 18.8 Å². The summed E-state index contributed by atoms with van der Waals surface area (Å²) >= 11 is 5.40. The number of benzene rings is 1. The van der Waals surface area contributed by atoms with Crippen molar-refractivity contribution < 1.29 is 0 Å². The molecule has 0 radical (unpaired) electrons. The minimum atomic E-state index is 0.606. The van der Waals surface area contributed by atoms with Crippen molar-refractivity contribution in [3.8, 4) is 0 Å². The molecule has 0 heterocycles. The van der Waals surface area contributed by atoms with Gasteiger partial charge in [0.2, 0.25) is 0 Å². The fraction of sp³-hybridized carbons (Fsp3) is 0.533. The Morgan fingerprint density at radius 1 is 1.17 bits per heavy atom. The van der Waals surface area contributed by atoms with Gasteiger partial charge in [-0.15, -0.1) is 0 Å². The Morgan fingerprint density at radius 2 is 1.94 bits per heavy atom. The first-order valence-corrected chi connectivity index (χ1v) is 7.26. The molecule has 0 saturated heterocycles. The minimum absolute atomic E-state index is 0.606. The highest BCUT2D eigenvalue weighted by molar-refractivity contribution is 7.80. The predicted molar refractivity (Wildman–Crippen MR) is 79.8 cm³/mol. The van der Waals surface area contributed by atoms with Gasteiger partial charge in [-0.05, 0) is 62.4 Å². The molecular weight excluding hydrogens is 240 g/mol. The number of aryl methyl sites for hydroxylation is 1. The molecule has 2 aliphatic carbocycles. The summed E-state index contributed by atoms with van der Waals surface area (Å²) in [5, 5.41) is 7.54. The van der Waals surface area contributed by atoms with E-state index >= 15 is 0 Å². The van der Waals surface area contributed by atoms with Gasteiger partial charge in [0.15, 0.2) is 5.11 Å². The Hall–Kier alpha value is -1.09. The van der Waals surface area contributed by atoms with Gasteiger partial charge in [-0.2, -0.15) is 0 Å². The molecule has 2 bridgehead atoms. The number of nitrogens with one attached hydrogen (secondary N) is 2. The molecule has 96 valence electrons. The average Bonchev–Trinajstić information content (AvgIpc) is 2.94. The second-order valence-corrected chi connectivity index (χ2v) is 6.15. The van der Waals surface area contributed by atoms with E-state index in [0.29, 0.717) is 6.04 Å². The lowest BCUT2D eigenvalue weighted by atomic mass is 9.96. The largest absolute Gasteiger partial charge is 0.359 e. The molecule has 18 heavy (non-hydrogen) atoms. The van der Waals surface area contributed by atoms with Crippen LogP contribution in [-0.2, 0) is 0 Å². The van der Waals surface area contributed by atoms with Crippen molar-refractivity contribution in [3.05, 3.63) is 29.8 Å². The highest BCUT2D eigenvalue weighted by atomic mass is 32.1. The molecule has 1 aromatic rings. The smallest absolute Gasteiger partial charge is 0.171 e. The van der Waals surface area contributed by atoms with Crippen molar-refractivity contribution in [1.29, 1.82) is 0 Å². The third-order valence-electron chi connectivity index (χ3n) is 4.36. The van der Waals surface area contributed by atoms with Gasteiger partial charge in [-0.1, -0.05) is 24.1 Å². The van der Waals surface area contributed by atoms with Crippen LogP contribution in [0.5, 0.6) is 0 Å². The average molecular weight is 260 g/mol. The van der Waals surface area contributed by atoms with E-state index in [4.69, 9.17) is 12.2 Å². The molecule has 0 spiro atoms. The quantitative estimate of drug-likeness (QED) is 0.796. The molecule has 0 amide bonds. The molecule has 0 aliphatic heterocycles. The summed E-state index contributed by atoms with van der Waals surface area (Å²) in [4.78, 5) is 0. The van der Waals surface area contributed by atoms with Crippen molar-refractivity contribution in [1.82, 2.24) is 5.32 Å². The standard InChI is InChI=1S/C15H20N2S/c1-10-2-6-13(7-3-10)16-15(18)17-14-9-11-4-5-12(14)8-11/h2-3,6-7,11-12,14H,4-5,8-9H2,1H3,(H2,16,17,18)/t11-,12-,14-/m1/s1. The number of hydrogen-bond acceptors (Lipinski definition) is 1. The normalized spacial score (nSPS) is 29.3. The van der Waals surface area contributed by atoms with E-state index < -0.39 is 0 Å². The molecule has 3 atom stereocenters. The van der Waals surface area contributed by atoms with Gasteiger partial charge < -0.3 is 10.6 Å². The molecule has 2 fully saturated rings. The van der Waals surface area contributed by atoms with Crippen LogP contribution >= 0.6 is 12.2 Å². The number of fused-ring (bicyclic) bond motifs is 2. The fourth-order valence-corrected chi connectivity index (χ4v) is 3.66. The van der Waals surface area contributed by atoms with Crippen LogP contribution in [-0.4, -0.2) is 11.2 Å². The summed E-state index contributed by atoms with van der Waals surface area (Å²) in [5.74, 6) is 1.81. The van der Waals surface area contributed by atoms with Crippen LogP contribution in [0.15, 0.2) is 24.3 Å². The second kappa shape index (κ2) is 4.88. The first-order valence-electron chi connectivity index (χ1n) is 6.85. The molecule has 2 nitrogen and oxygen atoms in total. The number of anilines is 1. The van der Waals surface area contributed by atoms with E-state index in [9.17, 15) is 0 Å². The van der Waals surface area contributed by atoms with Gasteiger partial charge in [-0.25, -0.2) is 0 Å². The lowest BCUT2D eigenvalue weighted by molar-refractivity contribution is 0.392. The summed E-state index contributed by atoms with van der Waals surface area (Å²) in [6.45, 7) is 2.09. The molecular formula is C15H20N2S. The zero-order chi connectivity index (χ0) is 12.5. The van der Waals surface area contributed by atoms with Crippen LogP contribution in [0.25, 0.3) is 0 Å². The summed E-state index contributed by atoms with van der Waals surface area (Å²) < 4.78 is 0. The number of hydrogen-bond donors (Lipinski definition) is 2. The van der Waals surface area contributed by atoms with Crippen molar-refractivity contribution in [2.45, 2.75) is 38.6 Å². The summed E-state index contributed by atoms with van der Waals surface area (Å²) in [6.07, 6.45) is 5.53. The SMILES string of the molecule is Cc1ccc(NC(=S)N[C@@H]2C[C@@H]3CC[C@@H]2C3)cc1. The third-order valence-corrected chi connectivity index (χ3v) is 4.58. The monoisotopic (exact) mass is 260 g/mol. The van der Waals surface area contributed by atoms with Gasteiger partial charge >= 0.3 is 0 Å². The van der Waals surface area contributed by atoms with Crippen LogP contribution < -0.4 is 10.6 Å². The van der Waals surface area contributed by atoms with Crippen molar-refractivity contribution in [3.63, 3.8) is 0 Å². The molecule has 3 heteroatoms. The molecule has 1 aromatic carbocycles. The highest BCUT2D eigenvalue weighted by Gasteiger charge is 2.39. The summed E-state index contributed by atoms with van der Waals surface area (Å²) in [7, 11) is 0. The lowest BCUT2D eigenvalue weighted by Gasteiger charge is -2.24. The first kappa shape index (κ1) is 12.0. The highest BCUT2D eigenvalue weighted by Crippen LogP contribution is 2.44. The van der Waals surface area contributed by atoms with Crippen LogP contribution in [0.2, 0.25) is 0 Å². The topological polar surface area (TPSA) is 24.1 Å². The van der Waals surface area contributed by atoms with Crippen molar-refractivity contribution in [2.24, 2.45) is 11.8 Å². The lowest BCUT2D eigenvalue weighted by Crippen LogP contribution is -2.40. The van der Waals surface area contributed by atoms with E-state index in [1.807, 2.05) is 0 Å². The van der Waals surface area contributed by atoms with Crippen LogP contribution in [0.4, 0.5) is 5.69 Å². The second-order valence-electron chi connectivity index (χ2n) is 5.75. The van der Waals surface area contributed by atoms with E-state index in [2.05, 4.69) is 41.8 Å². The molecule has 3 rings (SSSR count). The number of rotatable bonds is 2. The Balaban J connectivity index is 1.54. The maximum Gasteiger partial charge on any atom is 0.171 e. The molecule has 0 aromatic heterocycles. The van der Waals surface area contributed by atoms with E-state index in [-0.39, 0.29) is 0 Å². The summed E-state index contributed by atoms with van der Waals surface area (Å²) in [5.41, 5.74) is 2.34.